The molecule has 0 radical (unpaired) electrons. The number of hydrogen-bond donors (Lipinski definition) is 1. The number of nitrogens with one attached hydrogen (secondary N) is 1. The van der Waals surface area contributed by atoms with Gasteiger partial charge in [0, 0.05) is 16.7 Å². The van der Waals surface area contributed by atoms with Crippen molar-refractivity contribution >= 4 is 52.1 Å². The van der Waals surface area contributed by atoms with Crippen LogP contribution >= 0.6 is 35.0 Å². The smallest absolute Gasteiger partial charge is 0.171 e. The van der Waals surface area contributed by atoms with Gasteiger partial charge in [0.1, 0.15) is 17.6 Å². The van der Waals surface area contributed by atoms with Gasteiger partial charge in [-0.2, -0.15) is 5.26 Å². The lowest BCUT2D eigenvalue weighted by atomic mass is 10.2. The normalized spacial score (nSPS) is 11.7. The van der Waals surface area contributed by atoms with Gasteiger partial charge in [0.15, 0.2) is 5.16 Å². The molecule has 4 rings (SSSR count). The summed E-state index contributed by atoms with van der Waals surface area (Å²) in [5, 5.41) is 11.2. The number of H-pyrrole nitrogens is 1. The van der Waals surface area contributed by atoms with Crippen LogP contribution in [0.4, 0.5) is 0 Å². The Morgan fingerprint density at radius 3 is 2.81 bits per heavy atom. The number of halogens is 2. The van der Waals surface area contributed by atoms with Crippen LogP contribution in [0.3, 0.4) is 0 Å². The summed E-state index contributed by atoms with van der Waals surface area (Å²) < 4.78 is 5.82. The van der Waals surface area contributed by atoms with E-state index in [2.05, 4.69) is 16.0 Å². The first-order valence-electron chi connectivity index (χ1n) is 7.92. The molecule has 0 aliphatic carbocycles. The average Bonchev–Trinajstić information content (AvgIpc) is 3.29. The van der Waals surface area contributed by atoms with E-state index in [0.29, 0.717) is 37.2 Å². The van der Waals surface area contributed by atoms with Crippen LogP contribution in [0.5, 0.6) is 0 Å². The molecular formula is C20H11Cl2N3OS. The lowest BCUT2D eigenvalue weighted by Crippen LogP contribution is -1.78. The van der Waals surface area contributed by atoms with Gasteiger partial charge in [0.2, 0.25) is 0 Å². The van der Waals surface area contributed by atoms with Crippen LogP contribution in [-0.2, 0) is 0 Å². The molecule has 0 saturated heterocycles. The van der Waals surface area contributed by atoms with Gasteiger partial charge in [-0.25, -0.2) is 4.98 Å². The Kier molecular flexibility index (Phi) is 4.95. The highest BCUT2D eigenvalue weighted by molar-refractivity contribution is 8.03. The van der Waals surface area contributed by atoms with E-state index in [4.69, 9.17) is 27.6 Å². The highest BCUT2D eigenvalue weighted by Gasteiger charge is 2.11. The van der Waals surface area contributed by atoms with E-state index in [0.717, 1.165) is 11.0 Å². The third kappa shape index (κ3) is 3.88. The standard InChI is InChI=1S/C20H11Cl2N3OS/c21-12-5-7-16(22)15(9-12)19-8-6-13(26-19)10-14(11-23)27-20-24-17-3-1-2-4-18(17)25-20/h1-10H,(H,24,25)/b14-10+. The number of nitrogens with zero attached hydrogens (tertiary/aromatic N) is 2. The molecule has 2 heterocycles. The summed E-state index contributed by atoms with van der Waals surface area (Å²) in [6.07, 6.45) is 1.67. The molecule has 132 valence electrons. The number of rotatable bonds is 4. The molecule has 2 aromatic carbocycles. The first kappa shape index (κ1) is 17.7. The first-order valence-corrected chi connectivity index (χ1v) is 9.49. The van der Waals surface area contributed by atoms with Crippen molar-refractivity contribution in [3.63, 3.8) is 0 Å². The summed E-state index contributed by atoms with van der Waals surface area (Å²) in [5.74, 6) is 1.13. The Balaban J connectivity index is 1.61. The molecule has 0 bridgehead atoms. The molecule has 0 unspecified atom stereocenters. The second-order valence-electron chi connectivity index (χ2n) is 5.61. The summed E-state index contributed by atoms with van der Waals surface area (Å²) in [6.45, 7) is 0. The Morgan fingerprint density at radius 2 is 2.00 bits per heavy atom. The molecule has 0 atom stereocenters. The SMILES string of the molecule is N#C/C(=C\c1ccc(-c2cc(Cl)ccc2Cl)o1)Sc1nc2ccccc2[nH]1. The highest BCUT2D eigenvalue weighted by atomic mass is 35.5. The zero-order chi connectivity index (χ0) is 18.8. The van der Waals surface area contributed by atoms with Gasteiger partial charge < -0.3 is 9.40 Å². The largest absolute Gasteiger partial charge is 0.457 e. The van der Waals surface area contributed by atoms with Crippen LogP contribution in [0.1, 0.15) is 5.76 Å². The third-order valence-corrected chi connectivity index (χ3v) is 5.16. The zero-order valence-corrected chi connectivity index (χ0v) is 16.1. The van der Waals surface area contributed by atoms with Crippen LogP contribution in [0.25, 0.3) is 28.4 Å². The van der Waals surface area contributed by atoms with Gasteiger partial charge in [0.05, 0.1) is 21.0 Å². The topological polar surface area (TPSA) is 65.6 Å². The molecule has 0 spiro atoms. The van der Waals surface area contributed by atoms with E-state index in [-0.39, 0.29) is 0 Å². The number of furan rings is 1. The maximum atomic E-state index is 9.47. The molecule has 1 N–H and O–H groups in total. The summed E-state index contributed by atoms with van der Waals surface area (Å²) >= 11 is 13.5. The Bertz CT molecular complexity index is 1170. The van der Waals surface area contributed by atoms with Crippen molar-refractivity contribution in [1.82, 2.24) is 9.97 Å². The molecule has 0 aliphatic rings. The lowest BCUT2D eigenvalue weighted by molar-refractivity contribution is 0.572. The minimum Gasteiger partial charge on any atom is -0.457 e. The fourth-order valence-electron chi connectivity index (χ4n) is 2.56. The number of allylic oxidation sites excluding steroid dienone is 1. The fraction of sp³-hybridized carbons (Fsp3) is 0. The van der Waals surface area contributed by atoms with Crippen molar-refractivity contribution in [1.29, 1.82) is 5.26 Å². The van der Waals surface area contributed by atoms with Gasteiger partial charge in [-0.1, -0.05) is 35.3 Å². The number of aromatic nitrogens is 2. The highest BCUT2D eigenvalue weighted by Crippen LogP contribution is 2.33. The van der Waals surface area contributed by atoms with Crippen molar-refractivity contribution in [3.8, 4) is 17.4 Å². The summed E-state index contributed by atoms with van der Waals surface area (Å²) in [4.78, 5) is 8.11. The van der Waals surface area contributed by atoms with Crippen LogP contribution in [-0.4, -0.2) is 9.97 Å². The van der Waals surface area contributed by atoms with E-state index >= 15 is 0 Å². The second-order valence-corrected chi connectivity index (χ2v) is 7.48. The number of benzene rings is 2. The van der Waals surface area contributed by atoms with Gasteiger partial charge in [-0.05, 0) is 54.2 Å². The molecule has 7 heteroatoms. The summed E-state index contributed by atoms with van der Waals surface area (Å²) in [7, 11) is 0. The Labute approximate surface area is 169 Å². The van der Waals surface area contributed by atoms with Crippen LogP contribution in [0, 0.1) is 11.3 Å². The van der Waals surface area contributed by atoms with Crippen LogP contribution in [0.15, 0.2) is 69.1 Å². The molecule has 27 heavy (non-hydrogen) atoms. The predicted molar refractivity (Wildman–Crippen MR) is 110 cm³/mol. The van der Waals surface area contributed by atoms with Crippen LogP contribution < -0.4 is 0 Å². The number of imidazole rings is 1. The monoisotopic (exact) mass is 411 g/mol. The minimum atomic E-state index is 0.451. The fourth-order valence-corrected chi connectivity index (χ4v) is 3.67. The summed E-state index contributed by atoms with van der Waals surface area (Å²) in [5.41, 5.74) is 2.48. The van der Waals surface area contributed by atoms with E-state index < -0.39 is 0 Å². The van der Waals surface area contributed by atoms with Gasteiger partial charge >= 0.3 is 0 Å². The first-order chi connectivity index (χ1) is 13.1. The predicted octanol–water partition coefficient (Wildman–Crippen LogP) is 6.79. The molecular weight excluding hydrogens is 401 g/mol. The Morgan fingerprint density at radius 1 is 1.15 bits per heavy atom. The number of aromatic amines is 1. The number of para-hydroxylation sites is 2. The Hall–Kier alpha value is -2.65. The molecule has 4 aromatic rings. The van der Waals surface area contributed by atoms with Crippen molar-refractivity contribution in [3.05, 3.63) is 75.3 Å². The maximum absolute atomic E-state index is 9.47. The van der Waals surface area contributed by atoms with Crippen molar-refractivity contribution < 1.29 is 4.42 Å². The molecule has 0 fully saturated rings. The second kappa shape index (κ2) is 7.53. The van der Waals surface area contributed by atoms with Crippen molar-refractivity contribution in [2.45, 2.75) is 5.16 Å². The number of thioether (sulfide) groups is 1. The van der Waals surface area contributed by atoms with E-state index in [1.807, 2.05) is 24.3 Å². The van der Waals surface area contributed by atoms with E-state index in [1.165, 1.54) is 11.8 Å². The molecule has 0 saturated carbocycles. The maximum Gasteiger partial charge on any atom is 0.171 e. The molecule has 0 amide bonds. The molecule has 0 aliphatic heterocycles. The number of fused-ring (bicyclic) bond motifs is 1. The van der Waals surface area contributed by atoms with Gasteiger partial charge in [-0.15, -0.1) is 0 Å². The van der Waals surface area contributed by atoms with E-state index in [9.17, 15) is 5.26 Å². The molecule has 4 nitrogen and oxygen atoms in total. The van der Waals surface area contributed by atoms with E-state index in [1.54, 1.807) is 36.4 Å². The summed E-state index contributed by atoms with van der Waals surface area (Å²) in [6, 6.07) is 18.6. The van der Waals surface area contributed by atoms with Crippen LogP contribution in [0.2, 0.25) is 10.0 Å². The third-order valence-electron chi connectivity index (χ3n) is 3.78. The zero-order valence-electron chi connectivity index (χ0n) is 13.7. The number of hydrogen-bond acceptors (Lipinski definition) is 4. The quantitative estimate of drug-likeness (QED) is 0.296. The lowest BCUT2D eigenvalue weighted by Gasteiger charge is -2.01. The minimum absolute atomic E-state index is 0.451. The van der Waals surface area contributed by atoms with Gasteiger partial charge in [0.25, 0.3) is 0 Å². The number of nitriles is 1. The van der Waals surface area contributed by atoms with Crippen molar-refractivity contribution in [2.75, 3.05) is 0 Å². The average molecular weight is 412 g/mol. The molecule has 2 aromatic heterocycles. The van der Waals surface area contributed by atoms with Crippen molar-refractivity contribution in [2.24, 2.45) is 0 Å². The van der Waals surface area contributed by atoms with Gasteiger partial charge in [-0.3, -0.25) is 0 Å².